The fourth-order valence-electron chi connectivity index (χ4n) is 10.1. The number of amides is 2. The maximum Gasteiger partial charge on any atom is 1.00 e. The van der Waals surface area contributed by atoms with Gasteiger partial charge in [0.05, 0.1) is 45.1 Å². The van der Waals surface area contributed by atoms with Crippen LogP contribution in [0.25, 0.3) is 0 Å². The van der Waals surface area contributed by atoms with Gasteiger partial charge in [0.1, 0.15) is 12.1 Å². The second-order valence-corrected chi connectivity index (χ2v) is 18.9. The van der Waals surface area contributed by atoms with Gasteiger partial charge in [-0.05, 0) is 47.2 Å². The Morgan fingerprint density at radius 3 is 1.14 bits per heavy atom. The van der Waals surface area contributed by atoms with E-state index in [0.717, 1.165) is 50.8 Å². The Balaban J connectivity index is 0.000000243. The van der Waals surface area contributed by atoms with E-state index in [2.05, 4.69) is 29.2 Å². The van der Waals surface area contributed by atoms with E-state index in [0.29, 0.717) is 45.8 Å². The Kier molecular flexibility index (Phi) is 20.9. The predicted octanol–water partition coefficient (Wildman–Crippen LogP) is 4.44. The molecule has 4 N–H and O–H groups in total. The third-order valence-electron chi connectivity index (χ3n) is 14.0. The van der Waals surface area contributed by atoms with Crippen molar-refractivity contribution in [1.29, 1.82) is 0 Å². The van der Waals surface area contributed by atoms with Crippen molar-refractivity contribution in [2.45, 2.75) is 50.9 Å². The topological polar surface area (TPSA) is 208 Å². The van der Waals surface area contributed by atoms with E-state index >= 15 is 0 Å². The Morgan fingerprint density at radius 2 is 0.821 bits per heavy atom. The minimum atomic E-state index is -1.02. The van der Waals surface area contributed by atoms with E-state index in [1.165, 1.54) is 17.6 Å². The van der Waals surface area contributed by atoms with Crippen LogP contribution in [0.15, 0.2) is 194 Å². The van der Waals surface area contributed by atoms with Crippen molar-refractivity contribution in [3.8, 4) is 0 Å². The molecular weight excluding hydrogens is 980 g/mol. The SMILES string of the molecule is COC(=O)[C@@H]1CN(c2cc(C)n(Cc3ccccc3)n2)CCN1C(=O)C(c1ccccc1)c1ccccc1.Cc1cc(N2CCN(C(=O)C(c3ccccc3)c3ccccc3)[C@H](C(=O)O)C2)nn1Cc1ccccc1.O.[Li+].[OH-]. The fraction of sp³-hybridized carbons (Fsp3) is 0.246. The molecule has 398 valence electrons. The van der Waals surface area contributed by atoms with E-state index in [1.807, 2.05) is 198 Å². The third kappa shape index (κ3) is 13.8. The zero-order chi connectivity index (χ0) is 52.3. The van der Waals surface area contributed by atoms with Crippen LogP contribution in [-0.4, -0.2) is 128 Å². The molecule has 2 aliphatic heterocycles. The number of aryl methyl sites for hydroxylation is 2. The van der Waals surface area contributed by atoms with Crippen LogP contribution in [0.5, 0.6) is 0 Å². The smallest absolute Gasteiger partial charge is 0.870 e. The van der Waals surface area contributed by atoms with Gasteiger partial charge in [-0.1, -0.05) is 182 Å². The molecule has 0 bridgehead atoms. The van der Waals surface area contributed by atoms with Crippen LogP contribution < -0.4 is 28.7 Å². The quantitative estimate of drug-likeness (QED) is 0.119. The van der Waals surface area contributed by atoms with Crippen LogP contribution in [0.1, 0.15) is 56.6 Å². The number of anilines is 2. The molecule has 2 aliphatic rings. The molecule has 17 heteroatoms. The van der Waals surface area contributed by atoms with Gasteiger partial charge in [-0.3, -0.25) is 19.0 Å². The summed E-state index contributed by atoms with van der Waals surface area (Å²) in [7, 11) is 1.37. The molecule has 2 atom stereocenters. The molecule has 8 aromatic rings. The minimum Gasteiger partial charge on any atom is -0.870 e. The molecule has 0 aliphatic carbocycles. The van der Waals surface area contributed by atoms with E-state index in [-0.39, 0.29) is 48.2 Å². The van der Waals surface area contributed by atoms with Crippen LogP contribution >= 0.6 is 0 Å². The summed E-state index contributed by atoms with van der Waals surface area (Å²) in [6.07, 6.45) is 0. The molecule has 78 heavy (non-hydrogen) atoms. The number of hydrogen-bond donors (Lipinski definition) is 1. The molecule has 0 spiro atoms. The molecule has 2 fully saturated rings. The number of carboxylic acids is 1. The van der Waals surface area contributed by atoms with Gasteiger partial charge in [0.25, 0.3) is 0 Å². The number of carbonyl (C=O) groups excluding carboxylic acids is 3. The summed E-state index contributed by atoms with van der Waals surface area (Å²) in [5.41, 5.74) is 7.83. The van der Waals surface area contributed by atoms with Crippen molar-refractivity contribution in [2.24, 2.45) is 0 Å². The molecule has 2 aromatic heterocycles. The fourth-order valence-corrected chi connectivity index (χ4v) is 10.1. The summed E-state index contributed by atoms with van der Waals surface area (Å²) >= 11 is 0. The monoisotopic (exact) mass is 1040 g/mol. The average molecular weight is 1050 g/mol. The maximum absolute atomic E-state index is 14.1. The van der Waals surface area contributed by atoms with Gasteiger partial charge >= 0.3 is 30.8 Å². The van der Waals surface area contributed by atoms with Crippen molar-refractivity contribution in [1.82, 2.24) is 29.4 Å². The summed E-state index contributed by atoms with van der Waals surface area (Å²) in [6, 6.07) is 61.1. The van der Waals surface area contributed by atoms with Gasteiger partial charge in [0.15, 0.2) is 11.6 Å². The van der Waals surface area contributed by atoms with Gasteiger partial charge in [-0.25, -0.2) is 9.59 Å². The number of rotatable bonds is 14. The molecular formula is C61H65LiN8O8. The van der Waals surface area contributed by atoms with Gasteiger partial charge in [0.2, 0.25) is 11.8 Å². The Hall–Kier alpha value is -8.26. The van der Waals surface area contributed by atoms with Gasteiger partial charge < -0.3 is 40.4 Å². The van der Waals surface area contributed by atoms with Crippen LogP contribution in [0.4, 0.5) is 11.6 Å². The van der Waals surface area contributed by atoms with Crippen molar-refractivity contribution < 1.29 is 58.8 Å². The largest absolute Gasteiger partial charge is 1.00 e. The van der Waals surface area contributed by atoms with Crippen molar-refractivity contribution in [3.63, 3.8) is 0 Å². The molecule has 0 radical (unpaired) electrons. The number of ether oxygens (including phenoxy) is 1. The zero-order valence-corrected chi connectivity index (χ0v) is 44.5. The maximum atomic E-state index is 14.1. The molecule has 16 nitrogen and oxygen atoms in total. The van der Waals surface area contributed by atoms with Crippen LogP contribution in [0.3, 0.4) is 0 Å². The number of carbonyl (C=O) groups is 4. The Bertz CT molecular complexity index is 3090. The second-order valence-electron chi connectivity index (χ2n) is 18.9. The first-order valence-electron chi connectivity index (χ1n) is 25.3. The first-order valence-corrected chi connectivity index (χ1v) is 25.3. The molecule has 6 aromatic carbocycles. The zero-order valence-electron chi connectivity index (χ0n) is 44.5. The molecule has 2 amide bonds. The number of aliphatic carboxylic acids is 1. The van der Waals surface area contributed by atoms with Crippen molar-refractivity contribution >= 4 is 35.4 Å². The standard InChI is InChI=1S/C31H32N4O3.C30H30N4O3.Li.2H2O/c1-23-20-28(32-35(23)21-24-12-6-3-7-13-24)33-18-19-34(27(22-33)31(37)38-2)30(36)29(25-14-8-4-9-15-25)26-16-10-5-11-17-26;1-22-19-27(31-34(22)20-23-11-5-2-6-12-23)32-17-18-33(26(21-32)30(36)37)29(35)28(24-13-7-3-8-14-24)25-15-9-4-10-16-25;;;/h3-17,20,27,29H,18-19,21-22H2,1-2H3;2-16,19,26,28H,17-18,20-21H2,1H3,(H,36,37);;2*1H2/q;;+1;;/p-1/t27-;26-;;;/m00.../s1. The Morgan fingerprint density at radius 1 is 0.513 bits per heavy atom. The Labute approximate surface area is 467 Å². The number of methoxy groups -OCH3 is 1. The van der Waals surface area contributed by atoms with Gasteiger partial charge in [-0.15, -0.1) is 0 Å². The molecule has 4 heterocycles. The predicted molar refractivity (Wildman–Crippen MR) is 295 cm³/mol. The van der Waals surface area contributed by atoms with Gasteiger partial charge in [-0.2, -0.15) is 10.2 Å². The van der Waals surface area contributed by atoms with Crippen LogP contribution in [-0.2, 0) is 37.0 Å². The summed E-state index contributed by atoms with van der Waals surface area (Å²) in [5, 5.41) is 19.8. The first kappa shape index (κ1) is 59.0. The first-order chi connectivity index (χ1) is 36.6. The number of benzene rings is 6. The van der Waals surface area contributed by atoms with Crippen molar-refractivity contribution in [2.75, 3.05) is 56.2 Å². The summed E-state index contributed by atoms with van der Waals surface area (Å²) in [4.78, 5) is 60.7. The van der Waals surface area contributed by atoms with Crippen LogP contribution in [0, 0.1) is 13.8 Å². The number of aromatic nitrogens is 4. The van der Waals surface area contributed by atoms with Gasteiger partial charge in [0, 0.05) is 49.7 Å². The summed E-state index contributed by atoms with van der Waals surface area (Å²) in [6.45, 7) is 7.60. The van der Waals surface area contributed by atoms with E-state index < -0.39 is 35.9 Å². The number of esters is 1. The number of carboxylic acid groups (broad SMARTS) is 1. The van der Waals surface area contributed by atoms with Crippen LogP contribution in [0.2, 0.25) is 0 Å². The normalized spacial score (nSPS) is 15.0. The molecule has 10 rings (SSSR count). The molecule has 0 saturated carbocycles. The number of hydrogen-bond acceptors (Lipinski definition) is 10. The summed E-state index contributed by atoms with van der Waals surface area (Å²) < 4.78 is 9.07. The number of piperazine rings is 2. The second kappa shape index (κ2) is 27.7. The minimum absolute atomic E-state index is 0. The average Bonchev–Trinajstić information content (AvgIpc) is 4.08. The third-order valence-corrected chi connectivity index (χ3v) is 14.0. The molecule has 0 unspecified atom stereocenters. The van der Waals surface area contributed by atoms with Crippen molar-refractivity contribution in [3.05, 3.63) is 239 Å². The molecule has 2 saturated heterocycles. The number of nitrogens with zero attached hydrogens (tertiary/aromatic N) is 8. The summed E-state index contributed by atoms with van der Waals surface area (Å²) in [5.74, 6) is -1.30. The van der Waals surface area contributed by atoms with E-state index in [1.54, 1.807) is 4.90 Å². The van der Waals surface area contributed by atoms with E-state index in [4.69, 9.17) is 14.9 Å². The van der Waals surface area contributed by atoms with E-state index in [9.17, 15) is 24.3 Å².